The van der Waals surface area contributed by atoms with Gasteiger partial charge in [0.2, 0.25) is 11.8 Å². The molecule has 2 aromatic rings. The number of pyridine rings is 1. The summed E-state index contributed by atoms with van der Waals surface area (Å²) in [6, 6.07) is 8.91. The molecule has 120 valence electrons. The van der Waals surface area contributed by atoms with Crippen LogP contribution >= 0.6 is 11.6 Å². The quantitative estimate of drug-likeness (QED) is 0.916. The molecule has 0 atom stereocenters. The van der Waals surface area contributed by atoms with Crippen LogP contribution < -0.4 is 5.32 Å². The first-order chi connectivity index (χ1) is 11.0. The van der Waals surface area contributed by atoms with Crippen molar-refractivity contribution in [1.29, 1.82) is 0 Å². The van der Waals surface area contributed by atoms with Crippen molar-refractivity contribution in [2.24, 2.45) is 0 Å². The van der Waals surface area contributed by atoms with Crippen LogP contribution in [0.15, 0.2) is 42.7 Å². The molecule has 6 heteroatoms. The lowest BCUT2D eigenvalue weighted by atomic mass is 10.2. The maximum atomic E-state index is 12.2. The third-order valence-electron chi connectivity index (χ3n) is 3.38. The molecule has 0 spiro atoms. The fourth-order valence-electron chi connectivity index (χ4n) is 2.08. The Morgan fingerprint density at radius 1 is 1.22 bits per heavy atom. The zero-order chi connectivity index (χ0) is 16.8. The predicted molar refractivity (Wildman–Crippen MR) is 90.1 cm³/mol. The predicted octanol–water partition coefficient (Wildman–Crippen LogP) is 3.03. The SMILES string of the molecule is CC(=O)N(CC(=O)Nc1cc(Cl)ccc1C)Cc1ccncc1. The molecule has 0 bridgehead atoms. The summed E-state index contributed by atoms with van der Waals surface area (Å²) >= 11 is 5.94. The fourth-order valence-corrected chi connectivity index (χ4v) is 2.25. The van der Waals surface area contributed by atoms with Crippen LogP contribution in [-0.4, -0.2) is 28.2 Å². The minimum absolute atomic E-state index is 0.0242. The van der Waals surface area contributed by atoms with Gasteiger partial charge in [0.1, 0.15) is 6.54 Å². The highest BCUT2D eigenvalue weighted by Gasteiger charge is 2.15. The molecule has 0 saturated heterocycles. The Morgan fingerprint density at radius 3 is 2.57 bits per heavy atom. The summed E-state index contributed by atoms with van der Waals surface area (Å²) in [6.45, 7) is 3.66. The number of nitrogens with one attached hydrogen (secondary N) is 1. The van der Waals surface area contributed by atoms with Gasteiger partial charge in [0.25, 0.3) is 0 Å². The second-order valence-corrected chi connectivity index (χ2v) is 5.67. The van der Waals surface area contributed by atoms with Crippen LogP contribution in [-0.2, 0) is 16.1 Å². The molecule has 0 unspecified atom stereocenters. The third kappa shape index (κ3) is 5.07. The molecule has 1 aromatic heterocycles. The highest BCUT2D eigenvalue weighted by molar-refractivity contribution is 6.31. The number of carbonyl (C=O) groups is 2. The molecule has 1 N–H and O–H groups in total. The maximum Gasteiger partial charge on any atom is 0.244 e. The molecular formula is C17H18ClN3O2. The van der Waals surface area contributed by atoms with Gasteiger partial charge in [-0.25, -0.2) is 0 Å². The van der Waals surface area contributed by atoms with Crippen molar-refractivity contribution >= 4 is 29.1 Å². The summed E-state index contributed by atoms with van der Waals surface area (Å²) < 4.78 is 0. The molecule has 0 radical (unpaired) electrons. The van der Waals surface area contributed by atoms with E-state index in [-0.39, 0.29) is 18.4 Å². The number of hydrogen-bond acceptors (Lipinski definition) is 3. The number of aryl methyl sites for hydroxylation is 1. The van der Waals surface area contributed by atoms with Crippen LogP contribution in [0.4, 0.5) is 5.69 Å². The molecule has 2 amide bonds. The first kappa shape index (κ1) is 17.0. The van der Waals surface area contributed by atoms with Gasteiger partial charge in [-0.1, -0.05) is 17.7 Å². The van der Waals surface area contributed by atoms with Crippen LogP contribution in [0.25, 0.3) is 0 Å². The molecule has 0 aliphatic carbocycles. The largest absolute Gasteiger partial charge is 0.329 e. The van der Waals surface area contributed by atoms with E-state index in [0.717, 1.165) is 11.1 Å². The molecule has 0 aliphatic rings. The van der Waals surface area contributed by atoms with Crippen LogP contribution in [0.5, 0.6) is 0 Å². The Balaban J connectivity index is 2.03. The van der Waals surface area contributed by atoms with Crippen molar-refractivity contribution in [3.05, 3.63) is 58.9 Å². The van der Waals surface area contributed by atoms with Crippen molar-refractivity contribution < 1.29 is 9.59 Å². The average molecular weight is 332 g/mol. The zero-order valence-electron chi connectivity index (χ0n) is 13.0. The fraction of sp³-hybridized carbons (Fsp3) is 0.235. The number of benzene rings is 1. The van der Waals surface area contributed by atoms with E-state index in [9.17, 15) is 9.59 Å². The molecule has 5 nitrogen and oxygen atoms in total. The maximum absolute atomic E-state index is 12.2. The van der Waals surface area contributed by atoms with Crippen LogP contribution in [0.3, 0.4) is 0 Å². The minimum Gasteiger partial charge on any atom is -0.329 e. The Labute approximate surface area is 140 Å². The summed E-state index contributed by atoms with van der Waals surface area (Å²) in [5.41, 5.74) is 2.48. The summed E-state index contributed by atoms with van der Waals surface area (Å²) in [5.74, 6) is -0.431. The number of aromatic nitrogens is 1. The zero-order valence-corrected chi connectivity index (χ0v) is 13.8. The Morgan fingerprint density at radius 2 is 1.91 bits per heavy atom. The number of anilines is 1. The molecule has 0 aliphatic heterocycles. The van der Waals surface area contributed by atoms with Gasteiger partial charge in [-0.05, 0) is 42.3 Å². The van der Waals surface area contributed by atoms with Crippen LogP contribution in [0.1, 0.15) is 18.1 Å². The lowest BCUT2D eigenvalue weighted by molar-refractivity contribution is -0.133. The van der Waals surface area contributed by atoms with Gasteiger partial charge in [0, 0.05) is 36.6 Å². The van der Waals surface area contributed by atoms with Gasteiger partial charge in [-0.2, -0.15) is 0 Å². The molecule has 1 aromatic carbocycles. The minimum atomic E-state index is -0.264. The van der Waals surface area contributed by atoms with Gasteiger partial charge in [0.05, 0.1) is 0 Å². The number of halogens is 1. The third-order valence-corrected chi connectivity index (χ3v) is 3.61. The van der Waals surface area contributed by atoms with E-state index in [1.54, 1.807) is 24.5 Å². The normalized spacial score (nSPS) is 10.2. The second-order valence-electron chi connectivity index (χ2n) is 5.24. The topological polar surface area (TPSA) is 62.3 Å². The monoisotopic (exact) mass is 331 g/mol. The average Bonchev–Trinajstić information content (AvgIpc) is 2.51. The van der Waals surface area contributed by atoms with Gasteiger partial charge in [-0.15, -0.1) is 0 Å². The molecule has 1 heterocycles. The molecule has 0 saturated carbocycles. The lowest BCUT2D eigenvalue weighted by Gasteiger charge is -2.21. The van der Waals surface area contributed by atoms with Gasteiger partial charge in [-0.3, -0.25) is 14.6 Å². The van der Waals surface area contributed by atoms with Crippen molar-refractivity contribution in [3.8, 4) is 0 Å². The van der Waals surface area contributed by atoms with E-state index in [0.29, 0.717) is 17.3 Å². The molecule has 2 rings (SSSR count). The summed E-state index contributed by atoms with van der Waals surface area (Å²) in [4.78, 5) is 29.4. The van der Waals surface area contributed by atoms with E-state index >= 15 is 0 Å². The van der Waals surface area contributed by atoms with E-state index in [1.165, 1.54) is 11.8 Å². The first-order valence-corrected chi connectivity index (χ1v) is 7.54. The number of rotatable bonds is 5. The highest BCUT2D eigenvalue weighted by atomic mass is 35.5. The number of carbonyl (C=O) groups excluding carboxylic acids is 2. The van der Waals surface area contributed by atoms with Crippen molar-refractivity contribution in [1.82, 2.24) is 9.88 Å². The Kier molecular flexibility index (Phi) is 5.71. The summed E-state index contributed by atoms with van der Waals surface area (Å²) in [7, 11) is 0. The summed E-state index contributed by atoms with van der Waals surface area (Å²) in [6.07, 6.45) is 3.31. The second kappa shape index (κ2) is 7.74. The van der Waals surface area contributed by atoms with Gasteiger partial charge >= 0.3 is 0 Å². The van der Waals surface area contributed by atoms with Crippen molar-refractivity contribution in [2.45, 2.75) is 20.4 Å². The van der Waals surface area contributed by atoms with Crippen molar-refractivity contribution in [2.75, 3.05) is 11.9 Å². The van der Waals surface area contributed by atoms with E-state index in [4.69, 9.17) is 11.6 Å². The number of hydrogen-bond donors (Lipinski definition) is 1. The van der Waals surface area contributed by atoms with E-state index in [2.05, 4.69) is 10.3 Å². The van der Waals surface area contributed by atoms with E-state index < -0.39 is 0 Å². The number of nitrogens with zero attached hydrogens (tertiary/aromatic N) is 2. The highest BCUT2D eigenvalue weighted by Crippen LogP contribution is 2.20. The molecular weight excluding hydrogens is 314 g/mol. The molecule has 0 fully saturated rings. The van der Waals surface area contributed by atoms with Crippen LogP contribution in [0.2, 0.25) is 5.02 Å². The van der Waals surface area contributed by atoms with E-state index in [1.807, 2.05) is 25.1 Å². The Bertz CT molecular complexity index is 704. The number of amides is 2. The van der Waals surface area contributed by atoms with Crippen molar-refractivity contribution in [3.63, 3.8) is 0 Å². The van der Waals surface area contributed by atoms with Gasteiger partial charge in [0.15, 0.2) is 0 Å². The lowest BCUT2D eigenvalue weighted by Crippen LogP contribution is -2.36. The van der Waals surface area contributed by atoms with Gasteiger partial charge < -0.3 is 10.2 Å². The smallest absolute Gasteiger partial charge is 0.244 e. The standard InChI is InChI=1S/C17H18ClN3O2/c1-12-3-4-15(18)9-16(12)20-17(23)11-21(13(2)22)10-14-5-7-19-8-6-14/h3-9H,10-11H2,1-2H3,(H,20,23). The Hall–Kier alpha value is -2.40. The summed E-state index contributed by atoms with van der Waals surface area (Å²) in [5, 5.41) is 3.34. The first-order valence-electron chi connectivity index (χ1n) is 7.16. The van der Waals surface area contributed by atoms with Crippen LogP contribution in [0, 0.1) is 6.92 Å². The molecule has 23 heavy (non-hydrogen) atoms.